The van der Waals surface area contributed by atoms with Crippen molar-refractivity contribution in [3.63, 3.8) is 0 Å². The fourth-order valence-corrected chi connectivity index (χ4v) is 2.90. The normalized spacial score (nSPS) is 18.2. The highest BCUT2D eigenvalue weighted by atomic mass is 79.9. The van der Waals surface area contributed by atoms with Crippen molar-refractivity contribution in [3.05, 3.63) is 40.4 Å². The Kier molecular flexibility index (Phi) is 6.61. The average Bonchev–Trinajstić information content (AvgIpc) is 2.47. The molecule has 1 N–H and O–H groups in total. The van der Waals surface area contributed by atoms with Crippen molar-refractivity contribution < 1.29 is 4.74 Å². The minimum atomic E-state index is 0.780. The van der Waals surface area contributed by atoms with Crippen molar-refractivity contribution in [3.8, 4) is 5.75 Å². The molecule has 1 aliphatic rings. The Morgan fingerprint density at radius 1 is 1.35 bits per heavy atom. The van der Waals surface area contributed by atoms with Crippen LogP contribution in [0.25, 0.3) is 0 Å². The zero-order valence-electron chi connectivity index (χ0n) is 12.2. The van der Waals surface area contributed by atoms with Crippen molar-refractivity contribution in [2.75, 3.05) is 13.2 Å². The molecule has 3 heteroatoms. The second-order valence-electron chi connectivity index (χ2n) is 5.38. The number of hydrogen-bond acceptors (Lipinski definition) is 2. The standard InChI is InChI=1S/C17H24BrNO/c1-2-10-20-17-9-8-16(18)11-15(17)13-19-12-14-6-4-3-5-7-14/h3-4,8-9,11,14,19H,2,5-7,10,12-13H2,1H3. The topological polar surface area (TPSA) is 21.3 Å². The van der Waals surface area contributed by atoms with E-state index in [0.29, 0.717) is 0 Å². The predicted octanol–water partition coefficient (Wildman–Crippen LogP) is 4.68. The average molecular weight is 338 g/mol. The Morgan fingerprint density at radius 2 is 2.25 bits per heavy atom. The van der Waals surface area contributed by atoms with E-state index in [-0.39, 0.29) is 0 Å². The lowest BCUT2D eigenvalue weighted by Gasteiger charge is -2.19. The molecule has 0 heterocycles. The highest BCUT2D eigenvalue weighted by Gasteiger charge is 2.10. The Morgan fingerprint density at radius 3 is 3.00 bits per heavy atom. The maximum atomic E-state index is 5.81. The Balaban J connectivity index is 1.86. The van der Waals surface area contributed by atoms with Gasteiger partial charge in [0.25, 0.3) is 0 Å². The van der Waals surface area contributed by atoms with E-state index in [0.717, 1.165) is 42.3 Å². The lowest BCUT2D eigenvalue weighted by Crippen LogP contribution is -2.23. The summed E-state index contributed by atoms with van der Waals surface area (Å²) in [5, 5.41) is 3.58. The summed E-state index contributed by atoms with van der Waals surface area (Å²) in [7, 11) is 0. The van der Waals surface area contributed by atoms with Gasteiger partial charge in [-0.1, -0.05) is 35.0 Å². The van der Waals surface area contributed by atoms with Crippen LogP contribution >= 0.6 is 15.9 Å². The van der Waals surface area contributed by atoms with Gasteiger partial charge >= 0.3 is 0 Å². The van der Waals surface area contributed by atoms with Crippen molar-refractivity contribution >= 4 is 15.9 Å². The van der Waals surface area contributed by atoms with Gasteiger partial charge in [-0.25, -0.2) is 0 Å². The summed E-state index contributed by atoms with van der Waals surface area (Å²) in [4.78, 5) is 0. The van der Waals surface area contributed by atoms with E-state index in [1.54, 1.807) is 0 Å². The molecule has 1 aliphatic carbocycles. The summed E-state index contributed by atoms with van der Waals surface area (Å²) >= 11 is 3.54. The highest BCUT2D eigenvalue weighted by molar-refractivity contribution is 9.10. The number of allylic oxidation sites excluding steroid dienone is 2. The molecule has 0 saturated heterocycles. The van der Waals surface area contributed by atoms with Gasteiger partial charge in [0, 0.05) is 16.6 Å². The third-order valence-corrected chi connectivity index (χ3v) is 4.10. The monoisotopic (exact) mass is 337 g/mol. The molecule has 1 atom stereocenters. The van der Waals surface area contributed by atoms with Crippen LogP contribution < -0.4 is 10.1 Å². The Labute approximate surface area is 130 Å². The molecule has 0 radical (unpaired) electrons. The SMILES string of the molecule is CCCOc1ccc(Br)cc1CNCC1CC=CCC1. The van der Waals surface area contributed by atoms with Crippen LogP contribution in [0.15, 0.2) is 34.8 Å². The van der Waals surface area contributed by atoms with Crippen LogP contribution in [0, 0.1) is 5.92 Å². The van der Waals surface area contributed by atoms with Gasteiger partial charge in [-0.2, -0.15) is 0 Å². The molecule has 20 heavy (non-hydrogen) atoms. The molecule has 1 aromatic rings. The van der Waals surface area contributed by atoms with Gasteiger partial charge in [-0.05, 0) is 56.3 Å². The van der Waals surface area contributed by atoms with Crippen molar-refractivity contribution in [1.29, 1.82) is 0 Å². The fourth-order valence-electron chi connectivity index (χ4n) is 2.49. The molecule has 2 rings (SSSR count). The van der Waals surface area contributed by atoms with Crippen LogP contribution in [0.5, 0.6) is 5.75 Å². The molecule has 0 saturated carbocycles. The molecule has 1 aromatic carbocycles. The first-order valence-corrected chi connectivity index (χ1v) is 8.36. The second kappa shape index (κ2) is 8.48. The molecule has 2 nitrogen and oxygen atoms in total. The van der Waals surface area contributed by atoms with Crippen molar-refractivity contribution in [2.45, 2.75) is 39.2 Å². The second-order valence-corrected chi connectivity index (χ2v) is 6.30. The molecule has 110 valence electrons. The molecular weight excluding hydrogens is 314 g/mol. The molecule has 1 unspecified atom stereocenters. The number of hydrogen-bond donors (Lipinski definition) is 1. The van der Waals surface area contributed by atoms with Gasteiger partial charge in [-0.15, -0.1) is 0 Å². The van der Waals surface area contributed by atoms with E-state index >= 15 is 0 Å². The van der Waals surface area contributed by atoms with Gasteiger partial charge in [0.15, 0.2) is 0 Å². The maximum Gasteiger partial charge on any atom is 0.123 e. The van der Waals surface area contributed by atoms with Crippen molar-refractivity contribution in [2.24, 2.45) is 5.92 Å². The number of ether oxygens (including phenoxy) is 1. The Hall–Kier alpha value is -0.800. The van der Waals surface area contributed by atoms with Gasteiger partial charge in [0.2, 0.25) is 0 Å². The highest BCUT2D eigenvalue weighted by Crippen LogP contribution is 2.24. The molecule has 0 aromatic heterocycles. The van der Waals surface area contributed by atoms with Gasteiger partial charge in [0.1, 0.15) is 5.75 Å². The molecule has 0 spiro atoms. The third-order valence-electron chi connectivity index (χ3n) is 3.61. The minimum Gasteiger partial charge on any atom is -0.493 e. The van der Waals surface area contributed by atoms with E-state index in [1.807, 2.05) is 6.07 Å². The van der Waals surface area contributed by atoms with E-state index in [2.05, 4.69) is 52.5 Å². The summed E-state index contributed by atoms with van der Waals surface area (Å²) < 4.78 is 6.92. The van der Waals surface area contributed by atoms with E-state index in [9.17, 15) is 0 Å². The summed E-state index contributed by atoms with van der Waals surface area (Å²) in [6.07, 6.45) is 9.39. The Bertz CT molecular complexity index is 445. The first-order chi connectivity index (χ1) is 9.79. The number of benzene rings is 1. The van der Waals surface area contributed by atoms with Gasteiger partial charge < -0.3 is 10.1 Å². The fraction of sp³-hybridized carbons (Fsp3) is 0.529. The zero-order valence-corrected chi connectivity index (χ0v) is 13.8. The van der Waals surface area contributed by atoms with E-state index in [1.165, 1.54) is 24.8 Å². The largest absolute Gasteiger partial charge is 0.493 e. The molecule has 0 amide bonds. The van der Waals surface area contributed by atoms with Crippen LogP contribution in [0.1, 0.15) is 38.2 Å². The van der Waals surface area contributed by atoms with Crippen molar-refractivity contribution in [1.82, 2.24) is 5.32 Å². The predicted molar refractivity (Wildman–Crippen MR) is 88.1 cm³/mol. The van der Waals surface area contributed by atoms with E-state index < -0.39 is 0 Å². The van der Waals surface area contributed by atoms with Crippen LogP contribution in [-0.2, 0) is 6.54 Å². The lowest BCUT2D eigenvalue weighted by atomic mass is 9.94. The minimum absolute atomic E-state index is 0.780. The first kappa shape index (κ1) is 15.6. The summed E-state index contributed by atoms with van der Waals surface area (Å²) in [6.45, 7) is 4.87. The van der Waals surface area contributed by atoms with Crippen LogP contribution in [-0.4, -0.2) is 13.2 Å². The number of rotatable bonds is 7. The molecule has 0 fully saturated rings. The first-order valence-electron chi connectivity index (χ1n) is 7.56. The summed E-state index contributed by atoms with van der Waals surface area (Å²) in [5.41, 5.74) is 1.24. The number of halogens is 1. The smallest absolute Gasteiger partial charge is 0.123 e. The summed E-state index contributed by atoms with van der Waals surface area (Å²) in [6, 6.07) is 6.25. The molecular formula is C17H24BrNO. The lowest BCUT2D eigenvalue weighted by molar-refractivity contribution is 0.312. The van der Waals surface area contributed by atoms with Crippen LogP contribution in [0.2, 0.25) is 0 Å². The van der Waals surface area contributed by atoms with E-state index in [4.69, 9.17) is 4.74 Å². The zero-order chi connectivity index (χ0) is 14.2. The van der Waals surface area contributed by atoms with Gasteiger partial charge in [-0.3, -0.25) is 0 Å². The van der Waals surface area contributed by atoms with Crippen LogP contribution in [0.4, 0.5) is 0 Å². The third kappa shape index (κ3) is 4.95. The number of nitrogens with one attached hydrogen (secondary N) is 1. The summed E-state index contributed by atoms with van der Waals surface area (Å²) in [5.74, 6) is 1.79. The molecule has 0 aliphatic heterocycles. The maximum absolute atomic E-state index is 5.81. The molecule has 0 bridgehead atoms. The van der Waals surface area contributed by atoms with Gasteiger partial charge in [0.05, 0.1) is 6.61 Å². The van der Waals surface area contributed by atoms with Crippen LogP contribution in [0.3, 0.4) is 0 Å². The quantitative estimate of drug-likeness (QED) is 0.729.